The molecule has 6 nitrogen and oxygen atoms in total. The summed E-state index contributed by atoms with van der Waals surface area (Å²) in [5, 5.41) is 0. The lowest BCUT2D eigenvalue weighted by molar-refractivity contribution is -0.148. The molecule has 0 aliphatic carbocycles. The molecular formula is C28H33N3O3. The molecular weight excluding hydrogens is 426 g/mol. The standard InChI is InChI=1S/C28H33N3O3/c1-28(2,3)34-26(32)14-13-21-9-11-22(12-10-21)19-25-29-24(20-31-15-17-33-18-16-31)27(30-25)23-7-5-4-6-8-23/h4-14H,15-20H2,1-3H3,(H,29,30). The number of hydrogen-bond donors (Lipinski definition) is 1. The summed E-state index contributed by atoms with van der Waals surface area (Å²) in [4.78, 5) is 22.9. The molecule has 34 heavy (non-hydrogen) atoms. The van der Waals surface area contributed by atoms with Gasteiger partial charge in [-0.15, -0.1) is 0 Å². The van der Waals surface area contributed by atoms with Gasteiger partial charge in [0.15, 0.2) is 0 Å². The minimum atomic E-state index is -0.493. The molecule has 1 aliphatic heterocycles. The van der Waals surface area contributed by atoms with Gasteiger partial charge in [-0.05, 0) is 38.0 Å². The molecule has 1 aromatic heterocycles. The number of imidazole rings is 1. The summed E-state index contributed by atoms with van der Waals surface area (Å²) >= 11 is 0. The first-order valence-corrected chi connectivity index (χ1v) is 11.8. The number of aromatic nitrogens is 2. The highest BCUT2D eigenvalue weighted by Crippen LogP contribution is 2.24. The normalized spacial score (nSPS) is 15.0. The van der Waals surface area contributed by atoms with Crippen LogP contribution in [0.5, 0.6) is 0 Å². The summed E-state index contributed by atoms with van der Waals surface area (Å²) in [6.45, 7) is 9.82. The predicted octanol–water partition coefficient (Wildman–Crippen LogP) is 4.85. The van der Waals surface area contributed by atoms with Gasteiger partial charge in [0.05, 0.1) is 24.6 Å². The zero-order valence-electron chi connectivity index (χ0n) is 20.2. The molecule has 1 fully saturated rings. The largest absolute Gasteiger partial charge is 0.457 e. The van der Waals surface area contributed by atoms with Crippen molar-refractivity contribution in [3.63, 3.8) is 0 Å². The van der Waals surface area contributed by atoms with E-state index in [0.717, 1.165) is 66.8 Å². The molecule has 3 aromatic rings. The van der Waals surface area contributed by atoms with Crippen molar-refractivity contribution in [1.82, 2.24) is 14.9 Å². The van der Waals surface area contributed by atoms with Crippen LogP contribution in [0, 0.1) is 0 Å². The van der Waals surface area contributed by atoms with Crippen LogP contribution in [-0.4, -0.2) is 52.7 Å². The van der Waals surface area contributed by atoms with Crippen molar-refractivity contribution in [2.24, 2.45) is 0 Å². The van der Waals surface area contributed by atoms with Gasteiger partial charge in [0.1, 0.15) is 11.4 Å². The molecule has 0 unspecified atom stereocenters. The van der Waals surface area contributed by atoms with E-state index in [2.05, 4.69) is 34.1 Å². The van der Waals surface area contributed by atoms with Crippen LogP contribution in [-0.2, 0) is 27.2 Å². The molecule has 6 heteroatoms. The molecule has 178 valence electrons. The van der Waals surface area contributed by atoms with E-state index >= 15 is 0 Å². The van der Waals surface area contributed by atoms with Gasteiger partial charge in [0, 0.05) is 37.7 Å². The fraction of sp³-hybridized carbons (Fsp3) is 0.357. The van der Waals surface area contributed by atoms with Crippen LogP contribution in [0.3, 0.4) is 0 Å². The summed E-state index contributed by atoms with van der Waals surface area (Å²) in [7, 11) is 0. The van der Waals surface area contributed by atoms with Crippen molar-refractivity contribution in [3.05, 3.63) is 83.3 Å². The maximum absolute atomic E-state index is 11.9. The van der Waals surface area contributed by atoms with Crippen molar-refractivity contribution in [2.75, 3.05) is 26.3 Å². The predicted molar refractivity (Wildman–Crippen MR) is 134 cm³/mol. The summed E-state index contributed by atoms with van der Waals surface area (Å²) in [6.07, 6.45) is 3.95. The Bertz CT molecular complexity index is 1110. The number of ether oxygens (including phenoxy) is 2. The lowest BCUT2D eigenvalue weighted by Gasteiger charge is -2.26. The number of H-pyrrole nitrogens is 1. The maximum atomic E-state index is 11.9. The second-order valence-electron chi connectivity index (χ2n) is 9.55. The molecule has 0 saturated carbocycles. The average Bonchev–Trinajstić information content (AvgIpc) is 3.21. The Hall–Kier alpha value is -3.22. The second kappa shape index (κ2) is 10.8. The maximum Gasteiger partial charge on any atom is 0.331 e. The van der Waals surface area contributed by atoms with E-state index in [1.54, 1.807) is 6.08 Å². The highest BCUT2D eigenvalue weighted by Gasteiger charge is 2.18. The fourth-order valence-corrected chi connectivity index (χ4v) is 3.92. The van der Waals surface area contributed by atoms with Crippen molar-refractivity contribution in [2.45, 2.75) is 39.3 Å². The van der Waals surface area contributed by atoms with Crippen molar-refractivity contribution >= 4 is 12.0 Å². The molecule has 0 bridgehead atoms. The van der Waals surface area contributed by atoms with E-state index in [0.29, 0.717) is 6.42 Å². The number of nitrogens with zero attached hydrogens (tertiary/aromatic N) is 2. The SMILES string of the molecule is CC(C)(C)OC(=O)C=Cc1ccc(Cc2nc(-c3ccccc3)c(CN3CCOCC3)[nH]2)cc1. The average molecular weight is 460 g/mol. The van der Waals surface area contributed by atoms with Crippen LogP contribution in [0.4, 0.5) is 0 Å². The summed E-state index contributed by atoms with van der Waals surface area (Å²) in [6, 6.07) is 18.5. The van der Waals surface area contributed by atoms with E-state index in [9.17, 15) is 4.79 Å². The Labute approximate surface area is 201 Å². The minimum Gasteiger partial charge on any atom is -0.457 e. The first-order valence-electron chi connectivity index (χ1n) is 11.8. The first kappa shape index (κ1) is 23.9. The summed E-state index contributed by atoms with van der Waals surface area (Å²) in [5.74, 6) is 0.604. The molecule has 2 aromatic carbocycles. The molecule has 0 spiro atoms. The smallest absolute Gasteiger partial charge is 0.331 e. The lowest BCUT2D eigenvalue weighted by Crippen LogP contribution is -2.35. The number of esters is 1. The Morgan fingerprint density at radius 3 is 2.47 bits per heavy atom. The number of nitrogens with one attached hydrogen (secondary N) is 1. The van der Waals surface area contributed by atoms with Crippen LogP contribution in [0.2, 0.25) is 0 Å². The number of rotatable bonds is 7. The van der Waals surface area contributed by atoms with Crippen LogP contribution in [0.25, 0.3) is 17.3 Å². The third-order valence-corrected chi connectivity index (χ3v) is 5.53. The molecule has 1 saturated heterocycles. The van der Waals surface area contributed by atoms with Crippen LogP contribution in [0.15, 0.2) is 60.7 Å². The zero-order chi connectivity index (χ0) is 24.0. The number of morpholine rings is 1. The van der Waals surface area contributed by atoms with E-state index in [1.165, 1.54) is 6.08 Å². The third kappa shape index (κ3) is 6.89. The quantitative estimate of drug-likeness (QED) is 0.404. The van der Waals surface area contributed by atoms with Gasteiger partial charge in [-0.2, -0.15) is 0 Å². The molecule has 0 amide bonds. The van der Waals surface area contributed by atoms with Gasteiger partial charge in [0.25, 0.3) is 0 Å². The van der Waals surface area contributed by atoms with Gasteiger partial charge >= 0.3 is 5.97 Å². The molecule has 1 aliphatic rings. The van der Waals surface area contributed by atoms with Crippen LogP contribution in [0.1, 0.15) is 43.4 Å². The monoisotopic (exact) mass is 459 g/mol. The number of carbonyl (C=O) groups is 1. The Balaban J connectivity index is 1.47. The zero-order valence-corrected chi connectivity index (χ0v) is 20.2. The third-order valence-electron chi connectivity index (χ3n) is 5.53. The van der Waals surface area contributed by atoms with Gasteiger partial charge in [-0.3, -0.25) is 4.90 Å². The van der Waals surface area contributed by atoms with E-state index in [-0.39, 0.29) is 5.97 Å². The molecule has 1 N–H and O–H groups in total. The second-order valence-corrected chi connectivity index (χ2v) is 9.55. The van der Waals surface area contributed by atoms with Crippen LogP contribution >= 0.6 is 0 Å². The molecule has 2 heterocycles. The van der Waals surface area contributed by atoms with Gasteiger partial charge in [-0.25, -0.2) is 9.78 Å². The Morgan fingerprint density at radius 2 is 1.79 bits per heavy atom. The van der Waals surface area contributed by atoms with Crippen LogP contribution < -0.4 is 0 Å². The first-order chi connectivity index (χ1) is 16.4. The Morgan fingerprint density at radius 1 is 1.09 bits per heavy atom. The summed E-state index contributed by atoms with van der Waals surface area (Å²) in [5.41, 5.74) is 4.88. The summed E-state index contributed by atoms with van der Waals surface area (Å²) < 4.78 is 10.8. The molecule has 0 radical (unpaired) electrons. The van der Waals surface area contributed by atoms with Crippen molar-refractivity contribution in [1.29, 1.82) is 0 Å². The number of aromatic amines is 1. The molecule has 4 rings (SSSR count). The number of carbonyl (C=O) groups excluding carboxylic acids is 1. The number of benzene rings is 2. The topological polar surface area (TPSA) is 67.4 Å². The Kier molecular flexibility index (Phi) is 7.60. The highest BCUT2D eigenvalue weighted by atomic mass is 16.6. The minimum absolute atomic E-state index is 0.339. The molecule has 0 atom stereocenters. The van der Waals surface area contributed by atoms with Gasteiger partial charge < -0.3 is 14.5 Å². The lowest BCUT2D eigenvalue weighted by atomic mass is 10.1. The van der Waals surface area contributed by atoms with E-state index < -0.39 is 5.60 Å². The highest BCUT2D eigenvalue weighted by molar-refractivity contribution is 5.87. The van der Waals surface area contributed by atoms with Gasteiger partial charge in [-0.1, -0.05) is 54.6 Å². The van der Waals surface area contributed by atoms with Crippen molar-refractivity contribution in [3.8, 4) is 11.3 Å². The number of hydrogen-bond acceptors (Lipinski definition) is 5. The van der Waals surface area contributed by atoms with E-state index in [1.807, 2.05) is 51.1 Å². The van der Waals surface area contributed by atoms with Gasteiger partial charge in [0.2, 0.25) is 0 Å². The van der Waals surface area contributed by atoms with Crippen molar-refractivity contribution < 1.29 is 14.3 Å². The van der Waals surface area contributed by atoms with E-state index in [4.69, 9.17) is 14.5 Å². The fourth-order valence-electron chi connectivity index (χ4n) is 3.92.